The van der Waals surface area contributed by atoms with Gasteiger partial charge in [-0.25, -0.2) is 4.79 Å². The second-order valence-corrected chi connectivity index (χ2v) is 6.51. The van der Waals surface area contributed by atoms with Crippen molar-refractivity contribution in [2.75, 3.05) is 31.6 Å². The molecule has 1 aromatic carbocycles. The third kappa shape index (κ3) is 3.00. The molecule has 0 aromatic heterocycles. The highest BCUT2D eigenvalue weighted by atomic mass is 16.5. The number of carbonyl (C=O) groups excluding carboxylic acids is 1. The Bertz CT molecular complexity index is 613. The number of carbonyl (C=O) groups is 1. The number of allylic oxidation sites excluding steroid dienone is 2. The molecule has 3 aliphatic rings. The van der Waals surface area contributed by atoms with Gasteiger partial charge in [-0.05, 0) is 36.8 Å². The van der Waals surface area contributed by atoms with Crippen molar-refractivity contribution in [2.45, 2.75) is 19.3 Å². The number of urea groups is 1. The molecule has 122 valence electrons. The summed E-state index contributed by atoms with van der Waals surface area (Å²) in [5, 5.41) is 3.00. The van der Waals surface area contributed by atoms with Gasteiger partial charge in [0.25, 0.3) is 0 Å². The van der Waals surface area contributed by atoms with Gasteiger partial charge >= 0.3 is 6.03 Å². The smallest absolute Gasteiger partial charge is 0.321 e. The van der Waals surface area contributed by atoms with Crippen molar-refractivity contribution in [3.63, 3.8) is 0 Å². The topological polar surface area (TPSA) is 50.8 Å². The summed E-state index contributed by atoms with van der Waals surface area (Å²) >= 11 is 0. The number of rotatable bonds is 1. The summed E-state index contributed by atoms with van der Waals surface area (Å²) in [4.78, 5) is 14.5. The first-order valence-electron chi connectivity index (χ1n) is 8.40. The van der Waals surface area contributed by atoms with E-state index in [2.05, 4.69) is 17.5 Å². The van der Waals surface area contributed by atoms with Gasteiger partial charge in [0.15, 0.2) is 11.5 Å². The van der Waals surface area contributed by atoms with Crippen LogP contribution in [0.5, 0.6) is 11.5 Å². The summed E-state index contributed by atoms with van der Waals surface area (Å²) in [6, 6.07) is 5.57. The van der Waals surface area contributed by atoms with Crippen molar-refractivity contribution < 1.29 is 14.3 Å². The van der Waals surface area contributed by atoms with E-state index in [1.807, 2.05) is 23.1 Å². The van der Waals surface area contributed by atoms with E-state index in [1.54, 1.807) is 0 Å². The van der Waals surface area contributed by atoms with Crippen LogP contribution in [0.25, 0.3) is 0 Å². The van der Waals surface area contributed by atoms with Crippen molar-refractivity contribution >= 4 is 11.7 Å². The number of benzene rings is 1. The van der Waals surface area contributed by atoms with Crippen LogP contribution in [0.3, 0.4) is 0 Å². The number of ether oxygens (including phenoxy) is 2. The number of anilines is 1. The van der Waals surface area contributed by atoms with Gasteiger partial charge in [-0.1, -0.05) is 12.2 Å². The molecule has 23 heavy (non-hydrogen) atoms. The van der Waals surface area contributed by atoms with Crippen LogP contribution < -0.4 is 14.8 Å². The predicted octanol–water partition coefficient (Wildman–Crippen LogP) is 3.28. The summed E-state index contributed by atoms with van der Waals surface area (Å²) in [7, 11) is 0. The van der Waals surface area contributed by atoms with Crippen molar-refractivity contribution in [2.24, 2.45) is 11.8 Å². The fourth-order valence-electron chi connectivity index (χ4n) is 3.62. The molecule has 0 spiro atoms. The molecular formula is C18H22N2O3. The van der Waals surface area contributed by atoms with Gasteiger partial charge in [0.05, 0.1) is 13.2 Å². The maximum atomic E-state index is 12.5. The van der Waals surface area contributed by atoms with Gasteiger partial charge < -0.3 is 19.7 Å². The van der Waals surface area contributed by atoms with E-state index in [-0.39, 0.29) is 6.03 Å². The Morgan fingerprint density at radius 1 is 1.04 bits per heavy atom. The Balaban J connectivity index is 1.42. The van der Waals surface area contributed by atoms with E-state index >= 15 is 0 Å². The van der Waals surface area contributed by atoms with Crippen LogP contribution in [0, 0.1) is 11.8 Å². The zero-order valence-corrected chi connectivity index (χ0v) is 13.2. The molecule has 0 unspecified atom stereocenters. The number of nitrogens with one attached hydrogen (secondary N) is 1. The molecule has 0 bridgehead atoms. The highest BCUT2D eigenvalue weighted by Crippen LogP contribution is 2.34. The standard InChI is InChI=1S/C18H22N2O3/c21-18(20-11-13-4-1-2-5-14(13)12-20)19-15-6-7-16-17(10-15)23-9-3-8-22-16/h1-2,6-7,10,13-14H,3-5,8-9,11-12H2,(H,19,21)/t13-,14-/m1/s1. The zero-order chi connectivity index (χ0) is 15.6. The molecule has 1 N–H and O–H groups in total. The average Bonchev–Trinajstić information content (AvgIpc) is 2.87. The van der Waals surface area contributed by atoms with Gasteiger partial charge in [0.2, 0.25) is 0 Å². The van der Waals surface area contributed by atoms with E-state index < -0.39 is 0 Å². The summed E-state index contributed by atoms with van der Waals surface area (Å²) < 4.78 is 11.3. The maximum Gasteiger partial charge on any atom is 0.321 e. The van der Waals surface area contributed by atoms with Crippen LogP contribution in [-0.4, -0.2) is 37.2 Å². The molecule has 1 aliphatic carbocycles. The summed E-state index contributed by atoms with van der Waals surface area (Å²) in [6.07, 6.45) is 7.55. The fraction of sp³-hybridized carbons (Fsp3) is 0.500. The molecule has 0 saturated carbocycles. The number of likely N-dealkylation sites (tertiary alicyclic amines) is 1. The lowest BCUT2D eigenvalue weighted by molar-refractivity contribution is 0.220. The number of amides is 2. The van der Waals surface area contributed by atoms with Gasteiger partial charge in [-0.2, -0.15) is 0 Å². The molecule has 5 nitrogen and oxygen atoms in total. The van der Waals surface area contributed by atoms with Gasteiger partial charge in [0.1, 0.15) is 0 Å². The quantitative estimate of drug-likeness (QED) is 0.809. The van der Waals surface area contributed by atoms with Crippen molar-refractivity contribution in [3.05, 3.63) is 30.4 Å². The minimum atomic E-state index is -0.0195. The Morgan fingerprint density at radius 3 is 2.48 bits per heavy atom. The summed E-state index contributed by atoms with van der Waals surface area (Å²) in [5.41, 5.74) is 0.757. The van der Waals surface area contributed by atoms with Crippen molar-refractivity contribution in [1.29, 1.82) is 0 Å². The molecule has 1 aromatic rings. The molecular weight excluding hydrogens is 292 g/mol. The number of hydrogen-bond acceptors (Lipinski definition) is 3. The monoisotopic (exact) mass is 314 g/mol. The molecule has 4 rings (SSSR count). The predicted molar refractivity (Wildman–Crippen MR) is 88.0 cm³/mol. The molecule has 2 atom stereocenters. The summed E-state index contributed by atoms with van der Waals surface area (Å²) in [5.74, 6) is 2.70. The van der Waals surface area contributed by atoms with Gasteiger partial charge in [0, 0.05) is 31.3 Å². The lowest BCUT2D eigenvalue weighted by atomic mass is 9.86. The number of hydrogen-bond donors (Lipinski definition) is 1. The first kappa shape index (κ1) is 14.4. The van der Waals surface area contributed by atoms with Crippen LogP contribution in [-0.2, 0) is 0 Å². The second-order valence-electron chi connectivity index (χ2n) is 6.51. The van der Waals surface area contributed by atoms with Gasteiger partial charge in [-0.15, -0.1) is 0 Å². The van der Waals surface area contributed by atoms with Crippen LogP contribution in [0.15, 0.2) is 30.4 Å². The molecule has 2 aliphatic heterocycles. The lowest BCUT2D eigenvalue weighted by Crippen LogP contribution is -2.33. The third-order valence-electron chi connectivity index (χ3n) is 4.91. The maximum absolute atomic E-state index is 12.5. The number of fused-ring (bicyclic) bond motifs is 2. The van der Waals surface area contributed by atoms with Crippen molar-refractivity contribution in [3.8, 4) is 11.5 Å². The van der Waals surface area contributed by atoms with E-state index in [9.17, 15) is 4.79 Å². The van der Waals surface area contributed by atoms with Crippen LogP contribution >= 0.6 is 0 Å². The third-order valence-corrected chi connectivity index (χ3v) is 4.91. The summed E-state index contributed by atoms with van der Waals surface area (Å²) in [6.45, 7) is 3.02. The molecule has 5 heteroatoms. The molecule has 1 saturated heterocycles. The molecule has 0 radical (unpaired) electrons. The minimum Gasteiger partial charge on any atom is -0.490 e. The second kappa shape index (κ2) is 6.14. The number of nitrogens with zero attached hydrogens (tertiary/aromatic N) is 1. The lowest BCUT2D eigenvalue weighted by Gasteiger charge is -2.18. The molecule has 2 amide bonds. The molecule has 2 heterocycles. The molecule has 1 fully saturated rings. The van der Waals surface area contributed by atoms with E-state index in [0.29, 0.717) is 30.8 Å². The van der Waals surface area contributed by atoms with E-state index in [1.165, 1.54) is 0 Å². The fourth-order valence-corrected chi connectivity index (χ4v) is 3.62. The first-order valence-corrected chi connectivity index (χ1v) is 8.40. The Labute approximate surface area is 136 Å². The van der Waals surface area contributed by atoms with E-state index in [4.69, 9.17) is 9.47 Å². The Morgan fingerprint density at radius 2 is 1.74 bits per heavy atom. The Kier molecular flexibility index (Phi) is 3.85. The minimum absolute atomic E-state index is 0.0195. The largest absolute Gasteiger partial charge is 0.490 e. The van der Waals surface area contributed by atoms with Gasteiger partial charge in [-0.3, -0.25) is 0 Å². The van der Waals surface area contributed by atoms with Crippen LogP contribution in [0.4, 0.5) is 10.5 Å². The highest BCUT2D eigenvalue weighted by Gasteiger charge is 2.35. The van der Waals surface area contributed by atoms with Crippen molar-refractivity contribution in [1.82, 2.24) is 4.90 Å². The Hall–Kier alpha value is -2.17. The van der Waals surface area contributed by atoms with Crippen LogP contribution in [0.2, 0.25) is 0 Å². The average molecular weight is 314 g/mol. The zero-order valence-electron chi connectivity index (χ0n) is 13.2. The SMILES string of the molecule is O=C(Nc1ccc2c(c1)OCCCO2)N1C[C@H]2CC=CC[C@@H]2C1. The van der Waals surface area contributed by atoms with E-state index in [0.717, 1.165) is 43.8 Å². The highest BCUT2D eigenvalue weighted by molar-refractivity contribution is 5.90. The first-order chi connectivity index (χ1) is 11.3. The normalized spacial score (nSPS) is 25.7. The van der Waals surface area contributed by atoms with Crippen LogP contribution in [0.1, 0.15) is 19.3 Å².